The summed E-state index contributed by atoms with van der Waals surface area (Å²) in [6.45, 7) is 4.94. The first-order chi connectivity index (χ1) is 16.3. The first kappa shape index (κ1) is 25.8. The van der Waals surface area contributed by atoms with Crippen LogP contribution in [0, 0.1) is 11.8 Å². The van der Waals surface area contributed by atoms with Gasteiger partial charge in [-0.3, -0.25) is 9.59 Å². The fourth-order valence-electron chi connectivity index (χ4n) is 4.51. The number of benzene rings is 2. The minimum atomic E-state index is -1.66. The first-order valence-corrected chi connectivity index (χ1v) is 11.9. The van der Waals surface area contributed by atoms with Crippen LogP contribution in [0.3, 0.4) is 0 Å². The molecule has 34 heavy (non-hydrogen) atoms. The Kier molecular flexibility index (Phi) is 9.13. The molecule has 0 bridgehead atoms. The van der Waals surface area contributed by atoms with E-state index in [0.29, 0.717) is 25.9 Å². The van der Waals surface area contributed by atoms with Gasteiger partial charge in [-0.25, -0.2) is 0 Å². The van der Waals surface area contributed by atoms with Crippen molar-refractivity contribution in [2.75, 3.05) is 13.7 Å². The van der Waals surface area contributed by atoms with Crippen molar-refractivity contribution < 1.29 is 24.4 Å². The third-order valence-electron chi connectivity index (χ3n) is 6.33. The highest BCUT2D eigenvalue weighted by molar-refractivity contribution is 6.43. The Morgan fingerprint density at radius 2 is 1.85 bits per heavy atom. The monoisotopic (exact) mass is 466 g/mol. The molecule has 2 atom stereocenters. The highest BCUT2D eigenvalue weighted by Gasteiger charge is 2.32. The van der Waals surface area contributed by atoms with Gasteiger partial charge in [0.2, 0.25) is 11.8 Å². The molecule has 0 aromatic heterocycles. The molecule has 0 unspecified atom stereocenters. The normalized spacial score (nSPS) is 14.8. The lowest BCUT2D eigenvalue weighted by molar-refractivity contribution is -0.137. The zero-order valence-electron chi connectivity index (χ0n) is 20.2. The molecule has 182 valence electrons. The summed E-state index contributed by atoms with van der Waals surface area (Å²) in [5, 5.41) is 22.3. The quantitative estimate of drug-likeness (QED) is 0.467. The largest absolute Gasteiger partial charge is 0.496 e. The van der Waals surface area contributed by atoms with Crippen LogP contribution >= 0.6 is 0 Å². The molecule has 2 amide bonds. The maximum Gasteiger partial charge on any atom is 0.475 e. The summed E-state index contributed by atoms with van der Waals surface area (Å²) in [6.07, 6.45) is 1.60. The second-order valence-corrected chi connectivity index (χ2v) is 9.41. The number of nitrogens with zero attached hydrogens (tertiary/aromatic N) is 1. The Bertz CT molecular complexity index is 953. The summed E-state index contributed by atoms with van der Waals surface area (Å²) in [7, 11) is -0.0368. The lowest BCUT2D eigenvalue weighted by atomic mass is 9.74. The van der Waals surface area contributed by atoms with Crippen molar-refractivity contribution in [3.63, 3.8) is 0 Å². The Morgan fingerprint density at radius 3 is 2.50 bits per heavy atom. The van der Waals surface area contributed by atoms with Crippen LogP contribution in [0.25, 0.3) is 0 Å². The number of carbonyl (C=O) groups is 2. The third-order valence-corrected chi connectivity index (χ3v) is 6.33. The predicted molar refractivity (Wildman–Crippen MR) is 132 cm³/mol. The highest BCUT2D eigenvalue weighted by Crippen LogP contribution is 2.29. The molecule has 0 saturated heterocycles. The molecule has 8 heteroatoms. The van der Waals surface area contributed by atoms with Crippen LogP contribution in [-0.4, -0.2) is 53.5 Å². The zero-order valence-corrected chi connectivity index (χ0v) is 20.2. The van der Waals surface area contributed by atoms with E-state index >= 15 is 0 Å². The summed E-state index contributed by atoms with van der Waals surface area (Å²) < 4.78 is 5.49. The summed E-state index contributed by atoms with van der Waals surface area (Å²) in [5.74, 6) is -0.912. The Morgan fingerprint density at radius 1 is 1.12 bits per heavy atom. The van der Waals surface area contributed by atoms with Gasteiger partial charge in [-0.15, -0.1) is 0 Å². The van der Waals surface area contributed by atoms with E-state index in [-0.39, 0.29) is 24.2 Å². The van der Waals surface area contributed by atoms with Crippen molar-refractivity contribution in [1.82, 2.24) is 10.2 Å². The fourth-order valence-corrected chi connectivity index (χ4v) is 4.51. The van der Waals surface area contributed by atoms with Crippen LogP contribution in [0.15, 0.2) is 48.5 Å². The van der Waals surface area contributed by atoms with E-state index in [1.165, 1.54) is 5.56 Å². The van der Waals surface area contributed by atoms with E-state index < -0.39 is 19.0 Å². The zero-order chi connectivity index (χ0) is 24.7. The molecule has 3 N–H and O–H groups in total. The molecule has 1 aliphatic rings. The lowest BCUT2D eigenvalue weighted by Gasteiger charge is -2.31. The molecule has 3 rings (SSSR count). The van der Waals surface area contributed by atoms with E-state index in [9.17, 15) is 19.6 Å². The molecule has 1 aliphatic heterocycles. The van der Waals surface area contributed by atoms with Crippen molar-refractivity contribution in [1.29, 1.82) is 0 Å². The Labute approximate surface area is 202 Å². The van der Waals surface area contributed by atoms with Crippen LogP contribution in [0.2, 0.25) is 0 Å². The molecule has 0 aliphatic carbocycles. The van der Waals surface area contributed by atoms with Crippen molar-refractivity contribution in [3.05, 3.63) is 65.2 Å². The smallest absolute Gasteiger partial charge is 0.475 e. The molecule has 2 aromatic rings. The van der Waals surface area contributed by atoms with Gasteiger partial charge < -0.3 is 25.0 Å². The van der Waals surface area contributed by atoms with Gasteiger partial charge in [-0.05, 0) is 42.4 Å². The van der Waals surface area contributed by atoms with E-state index in [1.54, 1.807) is 12.0 Å². The van der Waals surface area contributed by atoms with Gasteiger partial charge in [0, 0.05) is 25.1 Å². The fraction of sp³-hybridized carbons (Fsp3) is 0.462. The first-order valence-electron chi connectivity index (χ1n) is 11.9. The second-order valence-electron chi connectivity index (χ2n) is 9.41. The van der Waals surface area contributed by atoms with Crippen LogP contribution in [0.5, 0.6) is 5.75 Å². The number of methoxy groups -OCH3 is 1. The van der Waals surface area contributed by atoms with Crippen LogP contribution < -0.4 is 10.1 Å². The third kappa shape index (κ3) is 6.84. The van der Waals surface area contributed by atoms with Crippen molar-refractivity contribution in [3.8, 4) is 5.75 Å². The number of hydrogen-bond donors (Lipinski definition) is 3. The van der Waals surface area contributed by atoms with Gasteiger partial charge in [0.1, 0.15) is 5.75 Å². The van der Waals surface area contributed by atoms with E-state index in [4.69, 9.17) is 4.74 Å². The summed E-state index contributed by atoms with van der Waals surface area (Å²) in [4.78, 5) is 28.3. The van der Waals surface area contributed by atoms with Gasteiger partial charge in [-0.2, -0.15) is 0 Å². The molecule has 0 fully saturated rings. The molecule has 0 saturated carbocycles. The average Bonchev–Trinajstić information content (AvgIpc) is 2.82. The average molecular weight is 466 g/mol. The number of fused-ring (bicyclic) bond motifs is 1. The number of ether oxygens (including phenoxy) is 1. The summed E-state index contributed by atoms with van der Waals surface area (Å²) in [5.41, 5.74) is 3.13. The molecular weight excluding hydrogens is 431 g/mol. The predicted octanol–water partition coefficient (Wildman–Crippen LogP) is 2.37. The van der Waals surface area contributed by atoms with E-state index in [0.717, 1.165) is 23.3 Å². The minimum absolute atomic E-state index is 0.0428. The van der Waals surface area contributed by atoms with Gasteiger partial charge in [-0.1, -0.05) is 56.3 Å². The summed E-state index contributed by atoms with van der Waals surface area (Å²) >= 11 is 0. The Balaban J connectivity index is 1.75. The lowest BCUT2D eigenvalue weighted by Crippen LogP contribution is -2.50. The van der Waals surface area contributed by atoms with Crippen molar-refractivity contribution in [2.24, 2.45) is 11.8 Å². The second kappa shape index (κ2) is 12.0. The van der Waals surface area contributed by atoms with Crippen LogP contribution in [0.4, 0.5) is 0 Å². The molecule has 0 spiro atoms. The highest BCUT2D eigenvalue weighted by atomic mass is 16.5. The standard InChI is InChI=1S/C26H35BN2O5/c1-18(2)14-24(27(32)33)28-26(31)21(15-19-8-5-4-6-9-19)16-25(30)29-13-12-20-10-7-11-23(34-3)22(20)17-29/h4-11,18,21,24,32-33H,12-17H2,1-3H3,(H,28,31)/t21-,24+/m1/s1. The van der Waals surface area contributed by atoms with Gasteiger partial charge in [0.25, 0.3) is 0 Å². The van der Waals surface area contributed by atoms with Crippen LogP contribution in [-0.2, 0) is 29.0 Å². The summed E-state index contributed by atoms with van der Waals surface area (Å²) in [6, 6.07) is 15.5. The van der Waals surface area contributed by atoms with Gasteiger partial charge in [0.05, 0.1) is 19.0 Å². The van der Waals surface area contributed by atoms with Gasteiger partial charge in [0.15, 0.2) is 0 Å². The van der Waals surface area contributed by atoms with E-state index in [2.05, 4.69) is 11.4 Å². The number of hydrogen-bond acceptors (Lipinski definition) is 5. The van der Waals surface area contributed by atoms with Crippen molar-refractivity contribution >= 4 is 18.9 Å². The number of nitrogens with one attached hydrogen (secondary N) is 1. The number of carbonyl (C=O) groups excluding carboxylic acids is 2. The minimum Gasteiger partial charge on any atom is -0.496 e. The van der Waals surface area contributed by atoms with Crippen LogP contribution in [0.1, 0.15) is 43.4 Å². The van der Waals surface area contributed by atoms with Crippen molar-refractivity contribution in [2.45, 2.75) is 52.0 Å². The Hall–Kier alpha value is -2.84. The number of rotatable bonds is 10. The molecule has 2 aromatic carbocycles. The van der Waals surface area contributed by atoms with Gasteiger partial charge >= 0.3 is 7.12 Å². The maximum atomic E-state index is 13.3. The number of amides is 2. The molecule has 1 heterocycles. The topological polar surface area (TPSA) is 99.1 Å². The maximum absolute atomic E-state index is 13.3. The SMILES string of the molecule is COc1cccc2c1CN(C(=O)C[C@@H](Cc1ccccc1)C(=O)N[C@@H](CC(C)C)B(O)O)CC2. The van der Waals surface area contributed by atoms with E-state index in [1.807, 2.05) is 56.3 Å². The molecular formula is C26H35BN2O5. The molecule has 7 nitrogen and oxygen atoms in total. The molecule has 0 radical (unpaired) electrons.